The molecular formula is C10H16ClF3N2O. The highest BCUT2D eigenvalue weighted by Gasteiger charge is 2.69. The predicted octanol–water partition coefficient (Wildman–Crippen LogP) is 1.57. The van der Waals surface area contributed by atoms with E-state index >= 15 is 0 Å². The van der Waals surface area contributed by atoms with Crippen LogP contribution in [0.15, 0.2) is 0 Å². The Labute approximate surface area is 104 Å². The van der Waals surface area contributed by atoms with Gasteiger partial charge in [-0.2, -0.15) is 13.2 Å². The third kappa shape index (κ3) is 2.52. The molecule has 100 valence electrons. The zero-order valence-electron chi connectivity index (χ0n) is 9.51. The minimum Gasteiger partial charge on any atom is -0.339 e. The van der Waals surface area contributed by atoms with Gasteiger partial charge in [0.25, 0.3) is 0 Å². The summed E-state index contributed by atoms with van der Waals surface area (Å²) in [5.74, 6) is -0.728. The second kappa shape index (κ2) is 4.65. The van der Waals surface area contributed by atoms with Crippen LogP contribution in [-0.2, 0) is 4.79 Å². The highest BCUT2D eigenvalue weighted by Crippen LogP contribution is 2.58. The fourth-order valence-electron chi connectivity index (χ4n) is 2.16. The van der Waals surface area contributed by atoms with Gasteiger partial charge in [-0.3, -0.25) is 4.79 Å². The van der Waals surface area contributed by atoms with Gasteiger partial charge in [-0.15, -0.1) is 12.4 Å². The van der Waals surface area contributed by atoms with Crippen molar-refractivity contribution < 1.29 is 18.0 Å². The summed E-state index contributed by atoms with van der Waals surface area (Å²) < 4.78 is 38.2. The molecule has 2 fully saturated rings. The molecule has 0 aromatic carbocycles. The summed E-state index contributed by atoms with van der Waals surface area (Å²) in [6.07, 6.45) is -4.49. The van der Waals surface area contributed by atoms with Crippen LogP contribution in [0.5, 0.6) is 0 Å². The molecule has 0 radical (unpaired) electrons. The van der Waals surface area contributed by atoms with Gasteiger partial charge in [-0.05, 0) is 19.8 Å². The number of alkyl halides is 3. The molecule has 1 heterocycles. The number of carbonyl (C=O) groups is 1. The van der Waals surface area contributed by atoms with E-state index in [4.69, 9.17) is 0 Å². The van der Waals surface area contributed by atoms with Crippen molar-refractivity contribution >= 4 is 18.3 Å². The van der Waals surface area contributed by atoms with Gasteiger partial charge >= 0.3 is 6.18 Å². The molecule has 0 aromatic rings. The minimum atomic E-state index is -4.39. The van der Waals surface area contributed by atoms with E-state index in [2.05, 4.69) is 5.32 Å². The molecule has 1 saturated carbocycles. The largest absolute Gasteiger partial charge is 0.403 e. The molecule has 0 bridgehead atoms. The van der Waals surface area contributed by atoms with Crippen molar-refractivity contribution in [2.45, 2.75) is 32.0 Å². The van der Waals surface area contributed by atoms with E-state index in [1.807, 2.05) is 6.92 Å². The van der Waals surface area contributed by atoms with E-state index in [9.17, 15) is 18.0 Å². The lowest BCUT2D eigenvalue weighted by molar-refractivity contribution is -0.199. The van der Waals surface area contributed by atoms with Crippen LogP contribution < -0.4 is 5.32 Å². The Morgan fingerprint density at radius 2 is 2.00 bits per heavy atom. The van der Waals surface area contributed by atoms with Crippen molar-refractivity contribution in [3.8, 4) is 0 Å². The van der Waals surface area contributed by atoms with Gasteiger partial charge < -0.3 is 10.2 Å². The topological polar surface area (TPSA) is 32.3 Å². The van der Waals surface area contributed by atoms with Crippen LogP contribution in [0.2, 0.25) is 0 Å². The molecule has 1 saturated heterocycles. The van der Waals surface area contributed by atoms with Crippen LogP contribution in [0.4, 0.5) is 13.2 Å². The van der Waals surface area contributed by atoms with Crippen molar-refractivity contribution in [2.24, 2.45) is 5.41 Å². The number of hydrogen-bond acceptors (Lipinski definition) is 2. The molecule has 1 unspecified atom stereocenters. The molecule has 17 heavy (non-hydrogen) atoms. The monoisotopic (exact) mass is 272 g/mol. The third-order valence-corrected chi connectivity index (χ3v) is 3.36. The summed E-state index contributed by atoms with van der Waals surface area (Å²) >= 11 is 0. The zero-order chi connectivity index (χ0) is 12.0. The molecule has 2 rings (SSSR count). The molecule has 3 nitrogen and oxygen atoms in total. The van der Waals surface area contributed by atoms with E-state index < -0.39 is 17.5 Å². The molecule has 0 aromatic heterocycles. The summed E-state index contributed by atoms with van der Waals surface area (Å²) in [7, 11) is 0. The number of nitrogens with one attached hydrogen (secondary N) is 1. The van der Waals surface area contributed by atoms with Crippen molar-refractivity contribution in [3.63, 3.8) is 0 Å². The third-order valence-electron chi connectivity index (χ3n) is 3.36. The van der Waals surface area contributed by atoms with Crippen molar-refractivity contribution in [3.05, 3.63) is 0 Å². The highest BCUT2D eigenvalue weighted by molar-refractivity contribution is 5.86. The number of rotatable bonds is 1. The number of amides is 1. The smallest absolute Gasteiger partial charge is 0.339 e. The number of hydrogen-bond donors (Lipinski definition) is 1. The number of carbonyl (C=O) groups excluding carboxylic acids is 1. The summed E-state index contributed by atoms with van der Waals surface area (Å²) in [4.78, 5) is 13.2. The zero-order valence-corrected chi connectivity index (χ0v) is 10.3. The van der Waals surface area contributed by atoms with E-state index in [0.29, 0.717) is 19.6 Å². The first-order valence-corrected chi connectivity index (χ1v) is 5.46. The maximum atomic E-state index is 12.7. The van der Waals surface area contributed by atoms with E-state index in [1.54, 1.807) is 0 Å². The van der Waals surface area contributed by atoms with Crippen LogP contribution in [0.1, 0.15) is 19.8 Å². The Kier molecular flexibility index (Phi) is 3.98. The molecular weight excluding hydrogens is 257 g/mol. The molecule has 1 N–H and O–H groups in total. The SMILES string of the molecule is CC1CN(C(=O)C2(C(F)(F)F)CC2)CCN1.Cl. The first-order chi connectivity index (χ1) is 7.37. The van der Waals surface area contributed by atoms with E-state index in [0.717, 1.165) is 0 Å². The molecule has 7 heteroatoms. The summed E-state index contributed by atoms with van der Waals surface area (Å²) in [5, 5.41) is 3.10. The lowest BCUT2D eigenvalue weighted by Gasteiger charge is -2.35. The first-order valence-electron chi connectivity index (χ1n) is 5.46. The lowest BCUT2D eigenvalue weighted by atomic mass is 10.0. The molecule has 0 spiro atoms. The molecule has 2 aliphatic rings. The Hall–Kier alpha value is -0.490. The average molecular weight is 273 g/mol. The summed E-state index contributed by atoms with van der Waals surface area (Å²) in [6, 6.07) is 0.0710. The van der Waals surface area contributed by atoms with Crippen LogP contribution in [0.25, 0.3) is 0 Å². The fourth-order valence-corrected chi connectivity index (χ4v) is 2.16. The minimum absolute atomic E-state index is 0. The maximum absolute atomic E-state index is 12.7. The highest BCUT2D eigenvalue weighted by atomic mass is 35.5. The van der Waals surface area contributed by atoms with Crippen molar-refractivity contribution in [1.82, 2.24) is 10.2 Å². The second-order valence-electron chi connectivity index (χ2n) is 4.69. The predicted molar refractivity (Wildman–Crippen MR) is 59.0 cm³/mol. The van der Waals surface area contributed by atoms with Gasteiger partial charge in [0.1, 0.15) is 5.41 Å². The molecule has 1 aliphatic carbocycles. The molecule has 1 atom stereocenters. The van der Waals surface area contributed by atoms with Crippen LogP contribution in [0, 0.1) is 5.41 Å². The van der Waals surface area contributed by atoms with Crippen molar-refractivity contribution in [2.75, 3.05) is 19.6 Å². The second-order valence-corrected chi connectivity index (χ2v) is 4.69. The quantitative estimate of drug-likeness (QED) is 0.786. The van der Waals surface area contributed by atoms with Gasteiger partial charge in [0.2, 0.25) is 5.91 Å². The van der Waals surface area contributed by atoms with Crippen molar-refractivity contribution in [1.29, 1.82) is 0 Å². The Morgan fingerprint density at radius 3 is 2.41 bits per heavy atom. The number of halogens is 4. The Morgan fingerprint density at radius 1 is 1.41 bits per heavy atom. The van der Waals surface area contributed by atoms with Gasteiger partial charge in [-0.1, -0.05) is 0 Å². The van der Waals surface area contributed by atoms with Crippen LogP contribution in [0.3, 0.4) is 0 Å². The van der Waals surface area contributed by atoms with Crippen LogP contribution in [-0.4, -0.2) is 42.7 Å². The molecule has 1 aliphatic heterocycles. The van der Waals surface area contributed by atoms with Gasteiger partial charge in [0.15, 0.2) is 0 Å². The van der Waals surface area contributed by atoms with E-state index in [1.165, 1.54) is 4.90 Å². The fraction of sp³-hybridized carbons (Fsp3) is 0.900. The normalized spacial score (nSPS) is 27.3. The van der Waals surface area contributed by atoms with E-state index in [-0.39, 0.29) is 31.3 Å². The Bertz CT molecular complexity index is 304. The standard InChI is InChI=1S/C10H15F3N2O.ClH/c1-7-6-15(5-4-14-7)8(16)9(2-3-9)10(11,12)13;/h7,14H,2-6H2,1H3;1H. The molecule has 1 amide bonds. The number of piperazine rings is 1. The van der Waals surface area contributed by atoms with Gasteiger partial charge in [0, 0.05) is 25.7 Å². The van der Waals surface area contributed by atoms with Gasteiger partial charge in [0.05, 0.1) is 0 Å². The van der Waals surface area contributed by atoms with Gasteiger partial charge in [-0.25, -0.2) is 0 Å². The Balaban J connectivity index is 0.00000144. The average Bonchev–Trinajstić information content (AvgIpc) is 2.96. The first kappa shape index (κ1) is 14.6. The van der Waals surface area contributed by atoms with Crippen LogP contribution >= 0.6 is 12.4 Å². The summed E-state index contributed by atoms with van der Waals surface area (Å²) in [6.45, 7) is 3.19. The summed E-state index contributed by atoms with van der Waals surface area (Å²) in [5.41, 5.74) is -2.05. The maximum Gasteiger partial charge on any atom is 0.403 e. The number of nitrogens with zero attached hydrogens (tertiary/aromatic N) is 1. The lowest BCUT2D eigenvalue weighted by Crippen LogP contribution is -2.55.